The number of fused-ring (bicyclic) bond motifs is 2. The molecule has 0 amide bonds. The highest BCUT2D eigenvalue weighted by molar-refractivity contribution is 6.01. The second-order valence-electron chi connectivity index (χ2n) is 10.3. The van der Waals surface area contributed by atoms with E-state index in [0.717, 1.165) is 70.1 Å². The number of phenolic OH excluding ortho intramolecular Hbond substituents is 1. The van der Waals surface area contributed by atoms with E-state index in [0.29, 0.717) is 11.2 Å². The molecular formula is C31H27FN6O. The maximum atomic E-state index is 14.0. The minimum absolute atomic E-state index is 0.107. The Labute approximate surface area is 224 Å². The van der Waals surface area contributed by atoms with Gasteiger partial charge < -0.3 is 10.1 Å². The van der Waals surface area contributed by atoms with Crippen molar-refractivity contribution in [2.24, 2.45) is 0 Å². The van der Waals surface area contributed by atoms with E-state index in [4.69, 9.17) is 0 Å². The van der Waals surface area contributed by atoms with Crippen LogP contribution in [0.15, 0.2) is 73.2 Å². The van der Waals surface area contributed by atoms with E-state index in [1.165, 1.54) is 30.9 Å². The molecule has 5 heterocycles. The molecule has 1 aliphatic heterocycles. The number of nitrogens with one attached hydrogen (secondary N) is 2. The molecule has 0 spiro atoms. The summed E-state index contributed by atoms with van der Waals surface area (Å²) in [7, 11) is 0. The summed E-state index contributed by atoms with van der Waals surface area (Å²) in [6.07, 6.45) is 9.53. The van der Waals surface area contributed by atoms with Crippen molar-refractivity contribution in [1.82, 2.24) is 30.0 Å². The Hall–Kier alpha value is -4.56. The number of aromatic hydroxyl groups is 1. The van der Waals surface area contributed by atoms with Crippen LogP contribution in [0, 0.1) is 5.82 Å². The molecule has 0 saturated carbocycles. The number of hydrogen-bond acceptors (Lipinski definition) is 5. The molecule has 194 valence electrons. The molecule has 1 fully saturated rings. The van der Waals surface area contributed by atoms with E-state index >= 15 is 0 Å². The van der Waals surface area contributed by atoms with Crippen molar-refractivity contribution in [3.63, 3.8) is 0 Å². The average Bonchev–Trinajstić information content (AvgIpc) is 3.57. The minimum Gasteiger partial charge on any atom is -0.508 e. The molecule has 8 heteroatoms. The van der Waals surface area contributed by atoms with Gasteiger partial charge in [0.2, 0.25) is 0 Å². The predicted molar refractivity (Wildman–Crippen MR) is 151 cm³/mol. The van der Waals surface area contributed by atoms with Crippen molar-refractivity contribution >= 4 is 21.9 Å². The molecule has 0 radical (unpaired) electrons. The highest BCUT2D eigenvalue weighted by atomic mass is 19.1. The normalized spacial score (nSPS) is 14.4. The summed E-state index contributed by atoms with van der Waals surface area (Å²) >= 11 is 0. The first-order valence-electron chi connectivity index (χ1n) is 13.2. The fraction of sp³-hybridized carbons (Fsp3) is 0.194. The van der Waals surface area contributed by atoms with Gasteiger partial charge in [0, 0.05) is 58.6 Å². The van der Waals surface area contributed by atoms with Crippen LogP contribution >= 0.6 is 0 Å². The molecule has 0 aliphatic carbocycles. The number of likely N-dealkylation sites (tertiary alicyclic amines) is 1. The second-order valence-corrected chi connectivity index (χ2v) is 10.3. The molecule has 0 unspecified atom stereocenters. The number of hydrogen-bond donors (Lipinski definition) is 3. The zero-order valence-corrected chi connectivity index (χ0v) is 21.3. The van der Waals surface area contributed by atoms with E-state index in [9.17, 15) is 9.50 Å². The van der Waals surface area contributed by atoms with Gasteiger partial charge in [0.15, 0.2) is 5.65 Å². The van der Waals surface area contributed by atoms with Crippen molar-refractivity contribution in [3.05, 3.63) is 84.6 Å². The molecule has 3 N–H and O–H groups in total. The highest BCUT2D eigenvalue weighted by Crippen LogP contribution is 2.36. The summed E-state index contributed by atoms with van der Waals surface area (Å²) in [5.74, 6) is -0.590. The van der Waals surface area contributed by atoms with E-state index in [1.807, 2.05) is 42.9 Å². The monoisotopic (exact) mass is 518 g/mol. The lowest BCUT2D eigenvalue weighted by Gasteiger charge is -2.26. The lowest BCUT2D eigenvalue weighted by molar-refractivity contribution is 0.220. The highest BCUT2D eigenvalue weighted by Gasteiger charge is 2.16. The van der Waals surface area contributed by atoms with Crippen molar-refractivity contribution in [2.75, 3.05) is 13.1 Å². The summed E-state index contributed by atoms with van der Waals surface area (Å²) in [4.78, 5) is 15.1. The third-order valence-corrected chi connectivity index (χ3v) is 7.51. The van der Waals surface area contributed by atoms with Crippen LogP contribution in [0.1, 0.15) is 24.8 Å². The smallest absolute Gasteiger partial charge is 0.155 e. The summed E-state index contributed by atoms with van der Waals surface area (Å²) in [5.41, 5.74) is 7.79. The van der Waals surface area contributed by atoms with Gasteiger partial charge in [-0.15, -0.1) is 0 Å². The molecule has 1 saturated heterocycles. The Kier molecular flexibility index (Phi) is 5.82. The van der Waals surface area contributed by atoms with Crippen LogP contribution in [0.3, 0.4) is 0 Å². The predicted octanol–water partition coefficient (Wildman–Crippen LogP) is 6.67. The maximum Gasteiger partial charge on any atom is 0.155 e. The van der Waals surface area contributed by atoms with Crippen LogP contribution in [0.5, 0.6) is 5.75 Å². The number of rotatable bonds is 5. The van der Waals surface area contributed by atoms with Crippen LogP contribution in [0.25, 0.3) is 55.6 Å². The number of pyridine rings is 2. The third kappa shape index (κ3) is 4.53. The topological polar surface area (TPSA) is 93.7 Å². The van der Waals surface area contributed by atoms with E-state index in [2.05, 4.69) is 42.2 Å². The molecule has 39 heavy (non-hydrogen) atoms. The number of halogens is 1. The SMILES string of the molecule is Oc1cc(F)cc(-c2cccc3[nH]c(-c4n[nH]c5ncc(-c6cncc(CN7CCCCC7)c6)cc45)cc23)c1. The molecule has 1 aliphatic rings. The average molecular weight is 519 g/mol. The first-order valence-corrected chi connectivity index (χ1v) is 13.2. The molecule has 0 bridgehead atoms. The van der Waals surface area contributed by atoms with Gasteiger partial charge in [0.05, 0.1) is 5.69 Å². The number of aromatic nitrogens is 5. The number of benzene rings is 2. The Bertz CT molecular complexity index is 1800. The molecule has 6 aromatic rings. The number of phenols is 1. The van der Waals surface area contributed by atoms with Crippen LogP contribution in [0.4, 0.5) is 4.39 Å². The lowest BCUT2D eigenvalue weighted by Crippen LogP contribution is -2.29. The van der Waals surface area contributed by atoms with Crippen LogP contribution in [0.2, 0.25) is 0 Å². The van der Waals surface area contributed by atoms with Crippen molar-refractivity contribution in [3.8, 4) is 39.4 Å². The van der Waals surface area contributed by atoms with Crippen LogP contribution in [-0.4, -0.2) is 48.2 Å². The van der Waals surface area contributed by atoms with Gasteiger partial charge in [-0.25, -0.2) is 9.37 Å². The Balaban J connectivity index is 1.26. The van der Waals surface area contributed by atoms with E-state index in [-0.39, 0.29) is 5.75 Å². The second kappa shape index (κ2) is 9.63. The number of nitrogens with zero attached hydrogens (tertiary/aromatic N) is 4. The summed E-state index contributed by atoms with van der Waals surface area (Å²) in [6.45, 7) is 3.19. The molecule has 4 aromatic heterocycles. The molecule has 2 aromatic carbocycles. The van der Waals surface area contributed by atoms with Crippen molar-refractivity contribution < 1.29 is 9.50 Å². The van der Waals surface area contributed by atoms with Gasteiger partial charge >= 0.3 is 0 Å². The quantitative estimate of drug-likeness (QED) is 0.237. The van der Waals surface area contributed by atoms with Gasteiger partial charge in [0.1, 0.15) is 17.3 Å². The van der Waals surface area contributed by atoms with Crippen LogP contribution in [-0.2, 0) is 6.54 Å². The summed E-state index contributed by atoms with van der Waals surface area (Å²) in [5, 5.41) is 19.4. The van der Waals surface area contributed by atoms with E-state index < -0.39 is 5.82 Å². The fourth-order valence-corrected chi connectivity index (χ4v) is 5.64. The van der Waals surface area contributed by atoms with Gasteiger partial charge in [-0.1, -0.05) is 18.6 Å². The lowest BCUT2D eigenvalue weighted by atomic mass is 10.0. The van der Waals surface area contributed by atoms with E-state index in [1.54, 1.807) is 6.07 Å². The Morgan fingerprint density at radius 1 is 0.872 bits per heavy atom. The van der Waals surface area contributed by atoms with Gasteiger partial charge in [-0.05, 0) is 79.0 Å². The van der Waals surface area contributed by atoms with Crippen molar-refractivity contribution in [1.29, 1.82) is 0 Å². The molecular weight excluding hydrogens is 491 g/mol. The Morgan fingerprint density at radius 3 is 2.62 bits per heavy atom. The number of H-pyrrole nitrogens is 2. The maximum absolute atomic E-state index is 14.0. The molecule has 7 nitrogen and oxygen atoms in total. The zero-order chi connectivity index (χ0) is 26.3. The molecule has 0 atom stereocenters. The van der Waals surface area contributed by atoms with Gasteiger partial charge in [0.25, 0.3) is 0 Å². The number of aromatic amines is 2. The molecule has 7 rings (SSSR count). The summed E-state index contributed by atoms with van der Waals surface area (Å²) < 4.78 is 14.0. The largest absolute Gasteiger partial charge is 0.508 e. The number of piperidine rings is 1. The third-order valence-electron chi connectivity index (χ3n) is 7.51. The Morgan fingerprint density at radius 2 is 1.74 bits per heavy atom. The minimum atomic E-state index is -0.482. The standard InChI is InChI=1S/C31H27FN6O/c32-23-10-20(11-24(39)13-23)25-5-4-6-28-26(25)14-29(35-28)30-27-12-22(17-34-31(27)37-36-30)21-9-19(15-33-16-21)18-38-7-2-1-3-8-38/h4-6,9-17,35,39H,1-3,7-8,18H2,(H,34,36,37). The summed E-state index contributed by atoms with van der Waals surface area (Å²) in [6, 6.07) is 16.2. The van der Waals surface area contributed by atoms with Crippen LogP contribution < -0.4 is 0 Å². The zero-order valence-electron chi connectivity index (χ0n) is 21.3. The van der Waals surface area contributed by atoms with Gasteiger partial charge in [-0.2, -0.15) is 5.10 Å². The van der Waals surface area contributed by atoms with Gasteiger partial charge in [-0.3, -0.25) is 15.0 Å². The first kappa shape index (κ1) is 23.5. The first-order chi connectivity index (χ1) is 19.1. The van der Waals surface area contributed by atoms with Crippen molar-refractivity contribution in [2.45, 2.75) is 25.8 Å². The fourth-order valence-electron chi connectivity index (χ4n) is 5.64.